The number of rotatable bonds is 0. The fourth-order valence-corrected chi connectivity index (χ4v) is 3.32. The molecule has 1 N–H and O–H groups in total. The molecule has 3 aliphatic rings. The number of aliphatic hydroxyl groups is 1. The lowest BCUT2D eigenvalue weighted by atomic mass is 9.98. The van der Waals surface area contributed by atoms with Gasteiger partial charge in [0.25, 0.3) is 0 Å². The molecule has 0 aromatic carbocycles. The number of nitrogens with zero attached hydrogens (tertiary/aromatic N) is 1. The lowest BCUT2D eigenvalue weighted by Gasteiger charge is -2.48. The normalized spacial score (nSPS) is 70.2. The molecule has 0 bridgehead atoms. The van der Waals surface area contributed by atoms with Crippen LogP contribution in [0.15, 0.2) is 0 Å². The average molecular weight is 140 g/mol. The summed E-state index contributed by atoms with van der Waals surface area (Å²) in [6.07, 6.45) is 2.73. The van der Waals surface area contributed by atoms with E-state index in [-0.39, 0.29) is 6.10 Å². The van der Waals surface area contributed by atoms with Crippen LogP contribution < -0.4 is 0 Å². The van der Waals surface area contributed by atoms with E-state index in [0.29, 0.717) is 11.5 Å². The van der Waals surface area contributed by atoms with E-state index in [4.69, 9.17) is 0 Å². The highest BCUT2D eigenvalue weighted by atomic mass is 16.3. The number of likely N-dealkylation sites (N-methyl/N-ethyl adjacent to an activating group) is 1. The molecule has 2 aliphatic heterocycles. The van der Waals surface area contributed by atoms with Crippen LogP contribution in [0.25, 0.3) is 0 Å². The summed E-state index contributed by atoms with van der Waals surface area (Å²) in [4.78, 5) is 0. The van der Waals surface area contributed by atoms with Crippen molar-refractivity contribution < 1.29 is 9.59 Å². The lowest BCUT2D eigenvalue weighted by molar-refractivity contribution is -0.977. The zero-order valence-electron chi connectivity index (χ0n) is 6.38. The molecule has 3 rings (SSSR count). The Morgan fingerprint density at radius 1 is 1.60 bits per heavy atom. The van der Waals surface area contributed by atoms with Crippen molar-refractivity contribution >= 4 is 0 Å². The van der Waals surface area contributed by atoms with Gasteiger partial charge in [0.1, 0.15) is 18.2 Å². The molecule has 1 saturated carbocycles. The molecule has 2 nitrogen and oxygen atoms in total. The van der Waals surface area contributed by atoms with E-state index < -0.39 is 0 Å². The molecule has 2 heterocycles. The van der Waals surface area contributed by atoms with E-state index in [0.717, 1.165) is 6.54 Å². The monoisotopic (exact) mass is 140 g/mol. The Morgan fingerprint density at radius 2 is 2.40 bits per heavy atom. The van der Waals surface area contributed by atoms with Gasteiger partial charge in [-0.25, -0.2) is 0 Å². The van der Waals surface area contributed by atoms with Crippen LogP contribution in [0.2, 0.25) is 0 Å². The standard InChI is InChI=1S/C8H14NO/c1-9-3-2-8(9)4-6(8)7(10)5-9/h6-7,10H,2-5H2,1H3/q+1. The molecular weight excluding hydrogens is 126 g/mol. The van der Waals surface area contributed by atoms with Crippen molar-refractivity contribution in [2.75, 3.05) is 20.1 Å². The smallest absolute Gasteiger partial charge is 0.112 e. The Hall–Kier alpha value is -0.0800. The first-order valence-electron chi connectivity index (χ1n) is 4.21. The van der Waals surface area contributed by atoms with Crippen LogP contribution in [0.1, 0.15) is 12.8 Å². The molecule has 0 aromatic rings. The first-order chi connectivity index (χ1) is 4.68. The quantitative estimate of drug-likeness (QED) is 0.468. The maximum Gasteiger partial charge on any atom is 0.112 e. The molecular formula is C8H14NO+. The largest absolute Gasteiger partial charge is 0.387 e. The summed E-state index contributed by atoms with van der Waals surface area (Å²) in [5, 5.41) is 9.56. The minimum absolute atomic E-state index is 0.0347. The molecule has 0 radical (unpaired) electrons. The number of hydrogen-bond acceptors (Lipinski definition) is 1. The van der Waals surface area contributed by atoms with E-state index in [1.54, 1.807) is 0 Å². The highest BCUT2D eigenvalue weighted by molar-refractivity contribution is 5.16. The summed E-state index contributed by atoms with van der Waals surface area (Å²) in [5.74, 6) is 0.686. The fraction of sp³-hybridized carbons (Fsp3) is 1.00. The van der Waals surface area contributed by atoms with E-state index in [9.17, 15) is 5.11 Å². The lowest BCUT2D eigenvalue weighted by Crippen LogP contribution is -2.63. The highest BCUT2D eigenvalue weighted by Crippen LogP contribution is 2.66. The average Bonchev–Trinajstić information content (AvgIpc) is 2.57. The predicted molar refractivity (Wildman–Crippen MR) is 37.4 cm³/mol. The molecule has 2 saturated heterocycles. The number of piperidine rings is 1. The minimum Gasteiger partial charge on any atom is -0.387 e. The van der Waals surface area contributed by atoms with Crippen molar-refractivity contribution in [1.82, 2.24) is 0 Å². The first-order valence-corrected chi connectivity index (χ1v) is 4.21. The van der Waals surface area contributed by atoms with Gasteiger partial charge in [-0.2, -0.15) is 0 Å². The summed E-state index contributed by atoms with van der Waals surface area (Å²) < 4.78 is 1.19. The Bertz CT molecular complexity index is 201. The number of quaternary nitrogens is 1. The number of aliphatic hydroxyl groups excluding tert-OH is 1. The molecule has 10 heavy (non-hydrogen) atoms. The molecule has 3 fully saturated rings. The van der Waals surface area contributed by atoms with Gasteiger partial charge in [0, 0.05) is 6.42 Å². The van der Waals surface area contributed by atoms with Gasteiger partial charge >= 0.3 is 0 Å². The molecule has 56 valence electrons. The molecule has 0 aromatic heterocycles. The molecule has 1 aliphatic carbocycles. The summed E-state index contributed by atoms with van der Waals surface area (Å²) in [6.45, 7) is 2.35. The number of hydrogen-bond donors (Lipinski definition) is 1. The Labute approximate surface area is 61.0 Å². The third-order valence-electron chi connectivity index (χ3n) is 4.27. The zero-order chi connectivity index (χ0) is 6.98. The molecule has 4 atom stereocenters. The second-order valence-corrected chi connectivity index (χ2v) is 4.53. The van der Waals surface area contributed by atoms with Crippen molar-refractivity contribution in [3.05, 3.63) is 0 Å². The van der Waals surface area contributed by atoms with Gasteiger partial charge in [-0.05, 0) is 0 Å². The third kappa shape index (κ3) is 0.330. The molecule has 1 spiro atoms. The Kier molecular flexibility index (Phi) is 0.647. The SMILES string of the molecule is C[N+]12CCC13CC3C(O)C2. The first kappa shape index (κ1) is 5.56. The van der Waals surface area contributed by atoms with Crippen LogP contribution in [0, 0.1) is 5.92 Å². The minimum atomic E-state index is 0.0347. The van der Waals surface area contributed by atoms with Crippen LogP contribution in [-0.2, 0) is 0 Å². The van der Waals surface area contributed by atoms with Gasteiger partial charge < -0.3 is 9.59 Å². The van der Waals surface area contributed by atoms with Gasteiger partial charge in [0.15, 0.2) is 0 Å². The predicted octanol–water partition coefficient (Wildman–Crippen LogP) is -0.0301. The summed E-state index contributed by atoms with van der Waals surface area (Å²) in [6, 6.07) is 0. The second-order valence-electron chi connectivity index (χ2n) is 4.53. The topological polar surface area (TPSA) is 20.2 Å². The van der Waals surface area contributed by atoms with Gasteiger partial charge in [-0.15, -0.1) is 0 Å². The van der Waals surface area contributed by atoms with Crippen LogP contribution in [0.4, 0.5) is 0 Å². The zero-order valence-corrected chi connectivity index (χ0v) is 6.38. The van der Waals surface area contributed by atoms with Gasteiger partial charge in [-0.3, -0.25) is 0 Å². The van der Waals surface area contributed by atoms with Crippen LogP contribution in [-0.4, -0.2) is 41.4 Å². The van der Waals surface area contributed by atoms with Crippen molar-refractivity contribution in [2.24, 2.45) is 5.92 Å². The van der Waals surface area contributed by atoms with Crippen molar-refractivity contribution in [3.63, 3.8) is 0 Å². The Morgan fingerprint density at radius 3 is 2.60 bits per heavy atom. The van der Waals surface area contributed by atoms with Crippen LogP contribution in [0.3, 0.4) is 0 Å². The highest BCUT2D eigenvalue weighted by Gasteiger charge is 2.79. The molecule has 4 unspecified atom stereocenters. The van der Waals surface area contributed by atoms with Crippen molar-refractivity contribution in [3.8, 4) is 0 Å². The van der Waals surface area contributed by atoms with Gasteiger partial charge in [0.2, 0.25) is 0 Å². The summed E-state index contributed by atoms with van der Waals surface area (Å²) in [7, 11) is 2.31. The van der Waals surface area contributed by atoms with E-state index >= 15 is 0 Å². The summed E-state index contributed by atoms with van der Waals surface area (Å²) >= 11 is 0. The van der Waals surface area contributed by atoms with E-state index in [1.165, 1.54) is 23.9 Å². The Balaban J connectivity index is 2.03. The van der Waals surface area contributed by atoms with Gasteiger partial charge in [0.05, 0.1) is 25.9 Å². The maximum atomic E-state index is 9.56. The molecule has 2 heteroatoms. The maximum absolute atomic E-state index is 9.56. The van der Waals surface area contributed by atoms with Crippen LogP contribution >= 0.6 is 0 Å². The van der Waals surface area contributed by atoms with E-state index in [2.05, 4.69) is 7.05 Å². The summed E-state index contributed by atoms with van der Waals surface area (Å²) in [5.41, 5.74) is 0.597. The van der Waals surface area contributed by atoms with Gasteiger partial charge in [-0.1, -0.05) is 0 Å². The van der Waals surface area contributed by atoms with Crippen molar-refractivity contribution in [2.45, 2.75) is 24.5 Å². The second kappa shape index (κ2) is 1.16. The third-order valence-corrected chi connectivity index (χ3v) is 4.27. The van der Waals surface area contributed by atoms with Crippen LogP contribution in [0.5, 0.6) is 0 Å². The van der Waals surface area contributed by atoms with Crippen molar-refractivity contribution in [1.29, 1.82) is 0 Å². The van der Waals surface area contributed by atoms with E-state index in [1.807, 2.05) is 0 Å². The fourth-order valence-electron chi connectivity index (χ4n) is 3.32. The molecule has 0 amide bonds.